The van der Waals surface area contributed by atoms with E-state index in [1.165, 1.54) is 17.7 Å². The predicted molar refractivity (Wildman–Crippen MR) is 101 cm³/mol. The highest BCUT2D eigenvalue weighted by Crippen LogP contribution is 2.59. The van der Waals surface area contributed by atoms with Gasteiger partial charge in [0.1, 0.15) is 11.4 Å². The van der Waals surface area contributed by atoms with Crippen LogP contribution in [0.4, 0.5) is 26.3 Å². The van der Waals surface area contributed by atoms with E-state index >= 15 is 0 Å². The van der Waals surface area contributed by atoms with Crippen LogP contribution in [0.2, 0.25) is 0 Å². The molecule has 166 valence electrons. The fourth-order valence-corrected chi connectivity index (χ4v) is 4.45. The molecule has 0 aromatic carbocycles. The van der Waals surface area contributed by atoms with Crippen LogP contribution in [0.5, 0.6) is 0 Å². The maximum Gasteiger partial charge on any atom is 0.433 e. The van der Waals surface area contributed by atoms with Gasteiger partial charge < -0.3 is 9.12 Å². The lowest BCUT2D eigenvalue weighted by atomic mass is 9.97. The number of nitrogens with zero attached hydrogens (tertiary/aromatic N) is 4. The Kier molecular flexibility index (Phi) is 5.00. The summed E-state index contributed by atoms with van der Waals surface area (Å²) in [5, 5.41) is 0. The number of hydrogen-bond donors (Lipinski definition) is 0. The molecule has 3 heterocycles. The molecular formula is C19H16F6N4OS. The Morgan fingerprint density at radius 2 is 1.77 bits per heavy atom. The molecule has 0 aliphatic heterocycles. The molecule has 4 rings (SSSR count). The molecule has 0 bridgehead atoms. The highest BCUT2D eigenvalue weighted by Gasteiger charge is 2.64. The topological polar surface area (TPSA) is 66.7 Å². The maximum absolute atomic E-state index is 13.5. The van der Waals surface area contributed by atoms with Gasteiger partial charge in [0.25, 0.3) is 0 Å². The van der Waals surface area contributed by atoms with E-state index in [0.29, 0.717) is 0 Å². The lowest BCUT2D eigenvalue weighted by Crippen LogP contribution is -2.29. The number of imidazole rings is 1. The number of alkyl halides is 6. The van der Waals surface area contributed by atoms with Gasteiger partial charge in [-0.25, -0.2) is 15.0 Å². The molecule has 1 fully saturated rings. The van der Waals surface area contributed by atoms with Gasteiger partial charge >= 0.3 is 12.4 Å². The zero-order valence-electron chi connectivity index (χ0n) is 16.3. The molecule has 0 saturated heterocycles. The summed E-state index contributed by atoms with van der Waals surface area (Å²) in [6.45, 7) is 1.61. The lowest BCUT2D eigenvalue weighted by Gasteiger charge is -2.21. The molecule has 1 unspecified atom stereocenters. The van der Waals surface area contributed by atoms with Crippen molar-refractivity contribution in [1.82, 2.24) is 19.5 Å². The average Bonchev–Trinajstić information content (AvgIpc) is 3.46. The normalized spacial score (nSPS) is 17.2. The third kappa shape index (κ3) is 3.55. The Bertz CT molecular complexity index is 1150. The van der Waals surface area contributed by atoms with E-state index in [1.54, 1.807) is 6.92 Å². The minimum atomic E-state index is -4.66. The SMILES string of the molecule is CC[S+]([O-])c1cc(C2(C(F)(F)F)CC2)cnc1-c1nc2cc(C(F)(F)F)ncc2n1C. The number of rotatable bonds is 4. The highest BCUT2D eigenvalue weighted by atomic mass is 32.2. The van der Waals surface area contributed by atoms with Crippen molar-refractivity contribution >= 4 is 22.2 Å². The van der Waals surface area contributed by atoms with Crippen LogP contribution in [0.25, 0.3) is 22.6 Å². The van der Waals surface area contributed by atoms with Gasteiger partial charge in [0, 0.05) is 19.3 Å². The zero-order valence-corrected chi connectivity index (χ0v) is 17.1. The molecule has 12 heteroatoms. The first-order valence-corrected chi connectivity index (χ1v) is 10.6. The Balaban J connectivity index is 1.88. The van der Waals surface area contributed by atoms with Crippen LogP contribution in [0, 0.1) is 0 Å². The van der Waals surface area contributed by atoms with Gasteiger partial charge in [-0.05, 0) is 42.6 Å². The number of hydrogen-bond acceptors (Lipinski definition) is 4. The molecule has 0 N–H and O–H groups in total. The number of halogens is 6. The molecule has 1 saturated carbocycles. The molecule has 0 amide bonds. The quantitative estimate of drug-likeness (QED) is 0.414. The summed E-state index contributed by atoms with van der Waals surface area (Å²) in [5.74, 6) is 0.220. The number of aryl methyl sites for hydroxylation is 1. The van der Waals surface area contributed by atoms with Crippen molar-refractivity contribution in [3.05, 3.63) is 35.8 Å². The van der Waals surface area contributed by atoms with E-state index in [2.05, 4.69) is 15.0 Å². The van der Waals surface area contributed by atoms with E-state index in [1.807, 2.05) is 0 Å². The van der Waals surface area contributed by atoms with Crippen molar-refractivity contribution < 1.29 is 30.9 Å². The molecule has 3 aromatic heterocycles. The minimum Gasteiger partial charge on any atom is -0.611 e. The summed E-state index contributed by atoms with van der Waals surface area (Å²) in [6.07, 6.45) is -7.16. The van der Waals surface area contributed by atoms with E-state index in [4.69, 9.17) is 0 Å². The van der Waals surface area contributed by atoms with Crippen molar-refractivity contribution in [1.29, 1.82) is 0 Å². The Morgan fingerprint density at radius 1 is 1.10 bits per heavy atom. The molecule has 31 heavy (non-hydrogen) atoms. The van der Waals surface area contributed by atoms with Crippen LogP contribution in [-0.4, -0.2) is 36.0 Å². The molecule has 3 aromatic rings. The molecule has 0 spiro atoms. The van der Waals surface area contributed by atoms with Crippen molar-refractivity contribution in [2.24, 2.45) is 7.05 Å². The monoisotopic (exact) mass is 462 g/mol. The van der Waals surface area contributed by atoms with Gasteiger partial charge in [0.15, 0.2) is 16.4 Å². The Hall–Kier alpha value is -2.34. The first kappa shape index (κ1) is 21.9. The average molecular weight is 462 g/mol. The van der Waals surface area contributed by atoms with Crippen LogP contribution >= 0.6 is 0 Å². The van der Waals surface area contributed by atoms with Crippen molar-refractivity contribution in [3.63, 3.8) is 0 Å². The van der Waals surface area contributed by atoms with E-state index < -0.39 is 34.6 Å². The molecule has 1 aliphatic rings. The predicted octanol–water partition coefficient (Wildman–Crippen LogP) is 4.77. The van der Waals surface area contributed by atoms with E-state index in [-0.39, 0.29) is 51.6 Å². The molecule has 1 aliphatic carbocycles. The smallest absolute Gasteiger partial charge is 0.433 e. The molecule has 1 atom stereocenters. The third-order valence-electron chi connectivity index (χ3n) is 5.47. The second-order valence-electron chi connectivity index (χ2n) is 7.34. The Morgan fingerprint density at radius 3 is 2.32 bits per heavy atom. The van der Waals surface area contributed by atoms with Crippen molar-refractivity contribution in [2.75, 3.05) is 5.75 Å². The van der Waals surface area contributed by atoms with Gasteiger partial charge in [-0.15, -0.1) is 0 Å². The van der Waals surface area contributed by atoms with Crippen LogP contribution in [-0.2, 0) is 29.8 Å². The molecule has 0 radical (unpaired) electrons. The van der Waals surface area contributed by atoms with Gasteiger partial charge in [-0.2, -0.15) is 26.3 Å². The molecule has 5 nitrogen and oxygen atoms in total. The Labute approximate surface area is 175 Å². The fourth-order valence-electron chi connectivity index (χ4n) is 3.52. The lowest BCUT2D eigenvalue weighted by molar-refractivity contribution is -0.160. The van der Waals surface area contributed by atoms with Crippen molar-refractivity contribution in [3.8, 4) is 11.5 Å². The van der Waals surface area contributed by atoms with Crippen LogP contribution in [0.1, 0.15) is 31.0 Å². The van der Waals surface area contributed by atoms with Gasteiger partial charge in [-0.3, -0.25) is 0 Å². The van der Waals surface area contributed by atoms with Crippen molar-refractivity contribution in [2.45, 2.75) is 42.4 Å². The number of pyridine rings is 2. The zero-order chi connectivity index (χ0) is 22.8. The van der Waals surface area contributed by atoms with E-state index in [9.17, 15) is 30.9 Å². The van der Waals surface area contributed by atoms with Crippen LogP contribution in [0.15, 0.2) is 29.4 Å². The largest absolute Gasteiger partial charge is 0.611 e. The minimum absolute atomic E-state index is 0.00659. The van der Waals surface area contributed by atoms with Gasteiger partial charge in [0.2, 0.25) is 0 Å². The maximum atomic E-state index is 13.5. The first-order valence-electron chi connectivity index (χ1n) is 9.24. The second kappa shape index (κ2) is 7.09. The number of fused-ring (bicyclic) bond motifs is 1. The van der Waals surface area contributed by atoms with E-state index in [0.717, 1.165) is 18.5 Å². The van der Waals surface area contributed by atoms with Gasteiger partial charge in [0.05, 0.1) is 22.6 Å². The summed E-state index contributed by atoms with van der Waals surface area (Å²) in [7, 11) is 1.52. The summed E-state index contributed by atoms with van der Waals surface area (Å²) >= 11 is -1.67. The third-order valence-corrected chi connectivity index (χ3v) is 6.80. The fraction of sp³-hybridized carbons (Fsp3) is 0.421. The molecular weight excluding hydrogens is 446 g/mol. The van der Waals surface area contributed by atoms with Crippen LogP contribution < -0.4 is 0 Å². The standard InChI is InChI=1S/C19H16F6N4OS/c1-3-31(30)13-6-10(17(4-5-17)19(23,24)25)8-27-15(13)16-28-11-7-14(18(20,21)22)26-9-12(11)29(16)2/h6-9H,3-5H2,1-2H3. The second-order valence-corrected chi connectivity index (χ2v) is 9.04. The summed E-state index contributed by atoms with van der Waals surface area (Å²) in [4.78, 5) is 11.8. The summed E-state index contributed by atoms with van der Waals surface area (Å²) in [5.41, 5.74) is -2.85. The van der Waals surface area contributed by atoms with Crippen LogP contribution in [0.3, 0.4) is 0 Å². The first-order chi connectivity index (χ1) is 14.4. The summed E-state index contributed by atoms with van der Waals surface area (Å²) < 4.78 is 93.6. The highest BCUT2D eigenvalue weighted by molar-refractivity contribution is 7.91. The number of aromatic nitrogens is 4. The summed E-state index contributed by atoms with van der Waals surface area (Å²) in [6, 6.07) is 2.02. The van der Waals surface area contributed by atoms with Gasteiger partial charge in [-0.1, -0.05) is 0 Å².